The lowest BCUT2D eigenvalue weighted by atomic mass is 10.1. The van der Waals surface area contributed by atoms with Crippen molar-refractivity contribution in [2.75, 3.05) is 13.7 Å². The minimum Gasteiger partial charge on any atom is -0.444 e. The fourth-order valence-corrected chi connectivity index (χ4v) is 2.31. The van der Waals surface area contributed by atoms with Crippen molar-refractivity contribution in [3.8, 4) is 0 Å². The summed E-state index contributed by atoms with van der Waals surface area (Å²) in [5, 5.41) is 0. The molecule has 1 aliphatic rings. The number of ether oxygens (including phenoxy) is 2. The van der Waals surface area contributed by atoms with Crippen LogP contribution in [0.1, 0.15) is 37.9 Å². The lowest BCUT2D eigenvalue weighted by Crippen LogP contribution is -2.37. The van der Waals surface area contributed by atoms with Gasteiger partial charge < -0.3 is 9.47 Å². The van der Waals surface area contributed by atoms with E-state index in [2.05, 4.69) is 0 Å². The Bertz CT molecular complexity index is 465. The smallest absolute Gasteiger partial charge is 0.411 e. The highest BCUT2D eigenvalue weighted by molar-refractivity contribution is 5.70. The summed E-state index contributed by atoms with van der Waals surface area (Å²) >= 11 is 0. The molecule has 0 saturated carbocycles. The summed E-state index contributed by atoms with van der Waals surface area (Å²) < 4.78 is 10.7. The SMILES string of the molecule is COCC1c2ccccc2CN1C(=O)OC(C)(C)C. The zero-order chi connectivity index (χ0) is 14.0. The molecule has 104 valence electrons. The summed E-state index contributed by atoms with van der Waals surface area (Å²) in [5.74, 6) is 0. The normalized spacial score (nSPS) is 18.3. The number of fused-ring (bicyclic) bond motifs is 1. The number of benzene rings is 1. The monoisotopic (exact) mass is 263 g/mol. The van der Waals surface area contributed by atoms with Crippen molar-refractivity contribution >= 4 is 6.09 Å². The van der Waals surface area contributed by atoms with E-state index in [9.17, 15) is 4.79 Å². The Morgan fingerprint density at radius 2 is 2.05 bits per heavy atom. The molecule has 0 aliphatic carbocycles. The minimum absolute atomic E-state index is 0.0592. The molecule has 1 atom stereocenters. The number of hydrogen-bond acceptors (Lipinski definition) is 3. The van der Waals surface area contributed by atoms with Crippen molar-refractivity contribution in [1.82, 2.24) is 4.90 Å². The molecule has 1 aromatic rings. The molecule has 0 saturated heterocycles. The average Bonchev–Trinajstić information content (AvgIpc) is 2.67. The van der Waals surface area contributed by atoms with Gasteiger partial charge in [0.25, 0.3) is 0 Å². The zero-order valence-corrected chi connectivity index (χ0v) is 12.0. The van der Waals surface area contributed by atoms with Gasteiger partial charge in [-0.25, -0.2) is 4.79 Å². The molecule has 0 spiro atoms. The van der Waals surface area contributed by atoms with Crippen LogP contribution >= 0.6 is 0 Å². The molecule has 4 nitrogen and oxygen atoms in total. The molecule has 1 unspecified atom stereocenters. The molecule has 1 heterocycles. The molecule has 19 heavy (non-hydrogen) atoms. The molecule has 0 fully saturated rings. The van der Waals surface area contributed by atoms with Crippen LogP contribution in [0.5, 0.6) is 0 Å². The Morgan fingerprint density at radius 1 is 1.37 bits per heavy atom. The highest BCUT2D eigenvalue weighted by atomic mass is 16.6. The largest absolute Gasteiger partial charge is 0.444 e. The highest BCUT2D eigenvalue weighted by Gasteiger charge is 2.35. The van der Waals surface area contributed by atoms with Crippen LogP contribution in [-0.2, 0) is 16.0 Å². The maximum Gasteiger partial charge on any atom is 0.411 e. The number of amides is 1. The molecular formula is C15H21NO3. The van der Waals surface area contributed by atoms with Crippen molar-refractivity contribution in [3.63, 3.8) is 0 Å². The van der Waals surface area contributed by atoms with E-state index in [1.165, 1.54) is 0 Å². The molecule has 0 radical (unpaired) electrons. The summed E-state index contributed by atoms with van der Waals surface area (Å²) in [4.78, 5) is 14.0. The Morgan fingerprint density at radius 3 is 2.68 bits per heavy atom. The van der Waals surface area contributed by atoms with Gasteiger partial charge in [-0.15, -0.1) is 0 Å². The summed E-state index contributed by atoms with van der Waals surface area (Å²) in [6, 6.07) is 8.00. The first-order valence-corrected chi connectivity index (χ1v) is 6.49. The van der Waals surface area contributed by atoms with Gasteiger partial charge in [0.15, 0.2) is 0 Å². The number of hydrogen-bond donors (Lipinski definition) is 0. The van der Waals surface area contributed by atoms with Crippen LogP contribution in [0, 0.1) is 0 Å². The number of methoxy groups -OCH3 is 1. The van der Waals surface area contributed by atoms with Gasteiger partial charge >= 0.3 is 6.09 Å². The maximum atomic E-state index is 12.3. The molecule has 4 heteroatoms. The fraction of sp³-hybridized carbons (Fsp3) is 0.533. The molecule has 2 rings (SSSR count). The maximum absolute atomic E-state index is 12.3. The first kappa shape index (κ1) is 13.9. The summed E-state index contributed by atoms with van der Waals surface area (Å²) in [6.45, 7) is 6.69. The lowest BCUT2D eigenvalue weighted by molar-refractivity contribution is 0.00782. The topological polar surface area (TPSA) is 38.8 Å². The Balaban J connectivity index is 2.21. The quantitative estimate of drug-likeness (QED) is 0.823. The first-order valence-electron chi connectivity index (χ1n) is 6.49. The van der Waals surface area contributed by atoms with Crippen LogP contribution in [0.15, 0.2) is 24.3 Å². The number of rotatable bonds is 2. The Labute approximate surface area is 114 Å². The molecular weight excluding hydrogens is 242 g/mol. The van der Waals surface area contributed by atoms with E-state index in [0.29, 0.717) is 13.2 Å². The molecule has 1 aliphatic heterocycles. The predicted molar refractivity (Wildman–Crippen MR) is 72.8 cm³/mol. The van der Waals surface area contributed by atoms with E-state index in [1.807, 2.05) is 45.0 Å². The summed E-state index contributed by atoms with van der Waals surface area (Å²) in [7, 11) is 1.65. The van der Waals surface area contributed by atoms with E-state index >= 15 is 0 Å². The molecule has 1 amide bonds. The average molecular weight is 263 g/mol. The molecule has 0 N–H and O–H groups in total. The predicted octanol–water partition coefficient (Wildman–Crippen LogP) is 3.12. The number of nitrogens with zero attached hydrogens (tertiary/aromatic N) is 1. The van der Waals surface area contributed by atoms with Gasteiger partial charge in [-0.2, -0.15) is 0 Å². The molecule has 0 aromatic heterocycles. The second-order valence-electron chi connectivity index (χ2n) is 5.78. The number of carbonyl (C=O) groups is 1. The van der Waals surface area contributed by atoms with Crippen molar-refractivity contribution < 1.29 is 14.3 Å². The third-order valence-electron chi connectivity index (χ3n) is 3.08. The van der Waals surface area contributed by atoms with Gasteiger partial charge in [-0.05, 0) is 31.9 Å². The van der Waals surface area contributed by atoms with Crippen LogP contribution < -0.4 is 0 Å². The number of carbonyl (C=O) groups excluding carboxylic acids is 1. The fourth-order valence-electron chi connectivity index (χ4n) is 2.31. The van der Waals surface area contributed by atoms with Gasteiger partial charge in [0, 0.05) is 7.11 Å². The molecule has 1 aromatic carbocycles. The standard InChI is InChI=1S/C15H21NO3/c1-15(2,3)19-14(17)16-9-11-7-5-6-8-12(11)13(16)10-18-4/h5-8,13H,9-10H2,1-4H3. The van der Waals surface area contributed by atoms with Crippen LogP contribution in [0.25, 0.3) is 0 Å². The van der Waals surface area contributed by atoms with E-state index in [1.54, 1.807) is 12.0 Å². The van der Waals surface area contributed by atoms with Gasteiger partial charge in [-0.1, -0.05) is 24.3 Å². The first-order chi connectivity index (χ1) is 8.92. The van der Waals surface area contributed by atoms with Crippen molar-refractivity contribution in [3.05, 3.63) is 35.4 Å². The zero-order valence-electron chi connectivity index (χ0n) is 12.0. The second-order valence-corrected chi connectivity index (χ2v) is 5.78. The van der Waals surface area contributed by atoms with Gasteiger partial charge in [0.05, 0.1) is 19.2 Å². The van der Waals surface area contributed by atoms with Gasteiger partial charge in [-0.3, -0.25) is 4.90 Å². The van der Waals surface area contributed by atoms with Crippen LogP contribution in [0.4, 0.5) is 4.79 Å². The van der Waals surface area contributed by atoms with Crippen molar-refractivity contribution in [2.45, 2.75) is 39.0 Å². The second kappa shape index (κ2) is 5.21. The van der Waals surface area contributed by atoms with E-state index in [-0.39, 0.29) is 12.1 Å². The van der Waals surface area contributed by atoms with Crippen molar-refractivity contribution in [2.24, 2.45) is 0 Å². The van der Waals surface area contributed by atoms with Crippen LogP contribution in [0.3, 0.4) is 0 Å². The minimum atomic E-state index is -0.483. The lowest BCUT2D eigenvalue weighted by Gasteiger charge is -2.28. The molecule has 0 bridgehead atoms. The highest BCUT2D eigenvalue weighted by Crippen LogP contribution is 2.34. The van der Waals surface area contributed by atoms with E-state index < -0.39 is 5.60 Å². The summed E-state index contributed by atoms with van der Waals surface area (Å²) in [5.41, 5.74) is 1.83. The Kier molecular flexibility index (Phi) is 3.80. The van der Waals surface area contributed by atoms with Crippen molar-refractivity contribution in [1.29, 1.82) is 0 Å². The third-order valence-corrected chi connectivity index (χ3v) is 3.08. The van der Waals surface area contributed by atoms with E-state index in [0.717, 1.165) is 11.1 Å². The van der Waals surface area contributed by atoms with Gasteiger partial charge in [0.2, 0.25) is 0 Å². The van der Waals surface area contributed by atoms with Crippen LogP contribution in [-0.4, -0.2) is 30.3 Å². The Hall–Kier alpha value is -1.55. The van der Waals surface area contributed by atoms with E-state index in [4.69, 9.17) is 9.47 Å². The summed E-state index contributed by atoms with van der Waals surface area (Å²) in [6.07, 6.45) is -0.286. The third kappa shape index (κ3) is 3.07. The van der Waals surface area contributed by atoms with Crippen LogP contribution in [0.2, 0.25) is 0 Å². The van der Waals surface area contributed by atoms with Gasteiger partial charge in [0.1, 0.15) is 5.60 Å².